The fraction of sp³-hybridized carbons (Fsp3) is 0.182. The zero-order valence-electron chi connectivity index (χ0n) is 7.75. The van der Waals surface area contributed by atoms with Crippen molar-refractivity contribution >= 4 is 6.21 Å². The molecule has 0 rings (SSSR count). The Kier molecular flexibility index (Phi) is 5.62. The normalized spacial score (nSPS) is 13.5. The first-order valence-corrected chi connectivity index (χ1v) is 3.84. The molecule has 0 fully saturated rings. The van der Waals surface area contributed by atoms with Gasteiger partial charge < -0.3 is 0 Å². The van der Waals surface area contributed by atoms with Gasteiger partial charge in [-0.05, 0) is 18.1 Å². The van der Waals surface area contributed by atoms with Gasteiger partial charge in [0.25, 0.3) is 0 Å². The van der Waals surface area contributed by atoms with Gasteiger partial charge >= 0.3 is 0 Å². The van der Waals surface area contributed by atoms with E-state index in [0.717, 1.165) is 11.1 Å². The molecule has 0 unspecified atom stereocenters. The van der Waals surface area contributed by atoms with Gasteiger partial charge in [0.05, 0.1) is 0 Å². The van der Waals surface area contributed by atoms with Crippen LogP contribution in [0.15, 0.2) is 53.6 Å². The van der Waals surface area contributed by atoms with Crippen molar-refractivity contribution in [1.82, 2.24) is 0 Å². The molecule has 0 aromatic heterocycles. The van der Waals surface area contributed by atoms with Crippen molar-refractivity contribution in [1.29, 1.82) is 0 Å². The number of hydrogen-bond acceptors (Lipinski definition) is 1. The van der Waals surface area contributed by atoms with Crippen LogP contribution < -0.4 is 0 Å². The fourth-order valence-electron chi connectivity index (χ4n) is 0.846. The lowest BCUT2D eigenvalue weighted by Gasteiger charge is -1.97. The zero-order valence-corrected chi connectivity index (χ0v) is 7.75. The summed E-state index contributed by atoms with van der Waals surface area (Å²) in [6, 6.07) is 0. The molecule has 0 aliphatic carbocycles. The lowest BCUT2D eigenvalue weighted by atomic mass is 10.1. The molecule has 0 radical (unpaired) electrons. The number of rotatable bonds is 4. The van der Waals surface area contributed by atoms with E-state index in [0.29, 0.717) is 0 Å². The molecule has 0 saturated heterocycles. The molecule has 64 valence electrons. The van der Waals surface area contributed by atoms with E-state index in [1.54, 1.807) is 25.4 Å². The average molecular weight is 161 g/mol. The molecular weight excluding hydrogens is 146 g/mol. The molecular formula is C11H15N. The summed E-state index contributed by atoms with van der Waals surface area (Å²) in [6.45, 7) is 9.38. The summed E-state index contributed by atoms with van der Waals surface area (Å²) in [4.78, 5) is 3.92. The van der Waals surface area contributed by atoms with Gasteiger partial charge in [0, 0.05) is 13.3 Å². The summed E-state index contributed by atoms with van der Waals surface area (Å²) in [5, 5.41) is 0. The summed E-state index contributed by atoms with van der Waals surface area (Å²) < 4.78 is 0. The van der Waals surface area contributed by atoms with Gasteiger partial charge in [0.15, 0.2) is 0 Å². The Morgan fingerprint density at radius 2 is 1.75 bits per heavy atom. The molecule has 1 nitrogen and oxygen atoms in total. The van der Waals surface area contributed by atoms with E-state index in [2.05, 4.69) is 18.2 Å². The molecule has 0 saturated carbocycles. The topological polar surface area (TPSA) is 12.4 Å². The van der Waals surface area contributed by atoms with Gasteiger partial charge in [0.1, 0.15) is 0 Å². The maximum atomic E-state index is 3.92. The highest BCUT2D eigenvalue weighted by Crippen LogP contribution is 2.06. The van der Waals surface area contributed by atoms with E-state index in [-0.39, 0.29) is 0 Å². The Balaban J connectivity index is 4.98. The first kappa shape index (κ1) is 10.6. The standard InChI is InChI=1S/C11H15N/c1-5-8-10(6-2)11(7-3)9-12-4/h5-9H,2-3H2,1,4H3/b8-5-,11-10+,12-9?. The summed E-state index contributed by atoms with van der Waals surface area (Å²) in [7, 11) is 1.74. The fourth-order valence-corrected chi connectivity index (χ4v) is 0.846. The van der Waals surface area contributed by atoms with Crippen LogP contribution in [0.25, 0.3) is 0 Å². The second kappa shape index (κ2) is 6.35. The zero-order chi connectivity index (χ0) is 9.40. The minimum absolute atomic E-state index is 0.991. The van der Waals surface area contributed by atoms with Crippen LogP contribution in [-0.4, -0.2) is 13.3 Å². The van der Waals surface area contributed by atoms with Crippen LogP contribution in [0.5, 0.6) is 0 Å². The summed E-state index contributed by atoms with van der Waals surface area (Å²) in [5.74, 6) is 0. The van der Waals surface area contributed by atoms with Gasteiger partial charge in [-0.15, -0.1) is 0 Å². The van der Waals surface area contributed by atoms with Crippen LogP contribution in [0.1, 0.15) is 6.92 Å². The first-order valence-electron chi connectivity index (χ1n) is 3.84. The highest BCUT2D eigenvalue weighted by molar-refractivity contribution is 5.84. The highest BCUT2D eigenvalue weighted by Gasteiger charge is 1.91. The van der Waals surface area contributed by atoms with E-state index in [1.807, 2.05) is 19.1 Å². The quantitative estimate of drug-likeness (QED) is 0.444. The third kappa shape index (κ3) is 3.15. The summed E-state index contributed by atoms with van der Waals surface area (Å²) in [6.07, 6.45) is 9.27. The number of aliphatic imine (C=N–C) groups is 1. The van der Waals surface area contributed by atoms with Gasteiger partial charge in [-0.2, -0.15) is 0 Å². The number of hydrogen-bond donors (Lipinski definition) is 0. The monoisotopic (exact) mass is 161 g/mol. The third-order valence-corrected chi connectivity index (χ3v) is 1.39. The van der Waals surface area contributed by atoms with Crippen LogP contribution in [0.4, 0.5) is 0 Å². The molecule has 0 amide bonds. The van der Waals surface area contributed by atoms with E-state index in [1.165, 1.54) is 0 Å². The van der Waals surface area contributed by atoms with Crippen molar-refractivity contribution in [2.24, 2.45) is 4.99 Å². The van der Waals surface area contributed by atoms with Crippen molar-refractivity contribution < 1.29 is 0 Å². The van der Waals surface area contributed by atoms with Gasteiger partial charge in [-0.3, -0.25) is 4.99 Å². The third-order valence-electron chi connectivity index (χ3n) is 1.39. The molecule has 1 heteroatoms. The van der Waals surface area contributed by atoms with Crippen molar-refractivity contribution in [3.63, 3.8) is 0 Å². The maximum Gasteiger partial charge on any atom is 0.0287 e. The minimum Gasteiger partial charge on any atom is -0.296 e. The second-order valence-corrected chi connectivity index (χ2v) is 2.21. The molecule has 0 spiro atoms. The molecule has 0 N–H and O–H groups in total. The van der Waals surface area contributed by atoms with E-state index < -0.39 is 0 Å². The van der Waals surface area contributed by atoms with Crippen molar-refractivity contribution in [2.45, 2.75) is 6.92 Å². The van der Waals surface area contributed by atoms with Crippen LogP contribution >= 0.6 is 0 Å². The van der Waals surface area contributed by atoms with E-state index in [9.17, 15) is 0 Å². The number of nitrogens with zero attached hydrogens (tertiary/aromatic N) is 1. The molecule has 0 aliphatic heterocycles. The molecule has 0 bridgehead atoms. The van der Waals surface area contributed by atoms with Crippen LogP contribution in [-0.2, 0) is 0 Å². The Morgan fingerprint density at radius 1 is 1.17 bits per heavy atom. The molecule has 12 heavy (non-hydrogen) atoms. The Hall–Kier alpha value is -1.37. The Morgan fingerprint density at radius 3 is 2.08 bits per heavy atom. The Labute approximate surface area is 74.5 Å². The molecule has 0 aromatic rings. The summed E-state index contributed by atoms with van der Waals surface area (Å²) in [5.41, 5.74) is 2.03. The predicted molar refractivity (Wildman–Crippen MR) is 56.7 cm³/mol. The first-order chi connectivity index (χ1) is 5.79. The van der Waals surface area contributed by atoms with Crippen LogP contribution in [0.3, 0.4) is 0 Å². The minimum atomic E-state index is 0.991. The summed E-state index contributed by atoms with van der Waals surface area (Å²) >= 11 is 0. The largest absolute Gasteiger partial charge is 0.296 e. The second-order valence-electron chi connectivity index (χ2n) is 2.21. The Bertz CT molecular complexity index is 216. The molecule has 0 aliphatic rings. The van der Waals surface area contributed by atoms with Gasteiger partial charge in [0.2, 0.25) is 0 Å². The van der Waals surface area contributed by atoms with Crippen molar-refractivity contribution in [3.05, 3.63) is 48.6 Å². The van der Waals surface area contributed by atoms with Crippen LogP contribution in [0, 0.1) is 0 Å². The molecule has 0 heterocycles. The lowest BCUT2D eigenvalue weighted by molar-refractivity contribution is 1.46. The maximum absolute atomic E-state index is 3.92. The van der Waals surface area contributed by atoms with Gasteiger partial charge in [-0.1, -0.05) is 37.5 Å². The van der Waals surface area contributed by atoms with Gasteiger partial charge in [-0.25, -0.2) is 0 Å². The lowest BCUT2D eigenvalue weighted by Crippen LogP contribution is -1.84. The van der Waals surface area contributed by atoms with E-state index >= 15 is 0 Å². The molecule has 0 atom stereocenters. The smallest absolute Gasteiger partial charge is 0.0287 e. The van der Waals surface area contributed by atoms with Crippen molar-refractivity contribution in [3.8, 4) is 0 Å². The van der Waals surface area contributed by atoms with Crippen molar-refractivity contribution in [2.75, 3.05) is 7.05 Å². The molecule has 0 aromatic carbocycles. The highest BCUT2D eigenvalue weighted by atomic mass is 14.6. The average Bonchev–Trinajstić information content (AvgIpc) is 2.11. The SMILES string of the molecule is C=C/C(C=NC)=C(C=C)\C=C/C. The number of allylic oxidation sites excluding steroid dienone is 6. The predicted octanol–water partition coefficient (Wildman–Crippen LogP) is 2.93. The van der Waals surface area contributed by atoms with E-state index in [4.69, 9.17) is 0 Å². The van der Waals surface area contributed by atoms with Crippen LogP contribution in [0.2, 0.25) is 0 Å².